The number of rotatable bonds is 4. The van der Waals surface area contributed by atoms with Gasteiger partial charge in [0, 0.05) is 23.7 Å². The van der Waals surface area contributed by atoms with Gasteiger partial charge in [-0.2, -0.15) is 0 Å². The predicted molar refractivity (Wildman–Crippen MR) is 103 cm³/mol. The van der Waals surface area contributed by atoms with Crippen LogP contribution < -0.4 is 4.90 Å². The lowest BCUT2D eigenvalue weighted by Crippen LogP contribution is -2.33. The number of halogens is 1. The maximum Gasteiger partial charge on any atom is 0.415 e. The number of fused-ring (bicyclic) bond motifs is 3. The predicted octanol–water partition coefficient (Wildman–Crippen LogP) is 3.03. The number of hydrogen-bond acceptors (Lipinski definition) is 6. The molecule has 3 aliphatic rings. The van der Waals surface area contributed by atoms with E-state index in [0.717, 1.165) is 12.0 Å². The lowest BCUT2D eigenvalue weighted by atomic mass is 9.99. The molecule has 0 spiro atoms. The molecule has 1 fully saturated rings. The number of aliphatic hydroxyl groups is 1. The Hall–Kier alpha value is -3.00. The first-order valence-electron chi connectivity index (χ1n) is 9.71. The van der Waals surface area contributed by atoms with Gasteiger partial charge in [-0.15, -0.1) is 0 Å². The van der Waals surface area contributed by atoms with E-state index in [1.807, 2.05) is 6.92 Å². The molecule has 2 aromatic rings. The second-order valence-electron chi connectivity index (χ2n) is 7.52. The van der Waals surface area contributed by atoms with Crippen LogP contribution in [-0.2, 0) is 16.0 Å². The summed E-state index contributed by atoms with van der Waals surface area (Å²) < 4.78 is 20.3. The number of pyridine rings is 1. The van der Waals surface area contributed by atoms with Crippen LogP contribution in [-0.4, -0.2) is 46.8 Å². The van der Waals surface area contributed by atoms with Gasteiger partial charge in [0.2, 0.25) is 0 Å². The largest absolute Gasteiger partial charge is 0.444 e. The molecule has 1 N–H and O–H groups in total. The van der Waals surface area contributed by atoms with Gasteiger partial charge in [0.05, 0.1) is 24.0 Å². The highest BCUT2D eigenvalue weighted by molar-refractivity contribution is 6.00. The van der Waals surface area contributed by atoms with Crippen molar-refractivity contribution >= 4 is 17.5 Å². The van der Waals surface area contributed by atoms with E-state index in [9.17, 15) is 9.18 Å². The summed E-state index contributed by atoms with van der Waals surface area (Å²) in [5.41, 5.74) is 3.92. The molecule has 0 radical (unpaired) electrons. The summed E-state index contributed by atoms with van der Waals surface area (Å²) in [6, 6.07) is 6.71. The number of nitrogens with zero attached hydrogens (tertiary/aromatic N) is 3. The summed E-state index contributed by atoms with van der Waals surface area (Å²) in [6.45, 7) is 1.88. The van der Waals surface area contributed by atoms with Crippen LogP contribution in [0.3, 0.4) is 0 Å². The van der Waals surface area contributed by atoms with Crippen LogP contribution in [0, 0.1) is 5.82 Å². The number of carbonyl (C=O) groups excluding carboxylic acids is 1. The molecule has 7 nitrogen and oxygen atoms in total. The van der Waals surface area contributed by atoms with Gasteiger partial charge in [-0.05, 0) is 36.6 Å². The van der Waals surface area contributed by atoms with Crippen LogP contribution in [0.5, 0.6) is 0 Å². The molecule has 1 aromatic carbocycles. The Morgan fingerprint density at radius 2 is 2.17 bits per heavy atom. The summed E-state index contributed by atoms with van der Waals surface area (Å²) in [6.07, 6.45) is 2.56. The van der Waals surface area contributed by atoms with Crippen molar-refractivity contribution in [1.29, 1.82) is 0 Å². The van der Waals surface area contributed by atoms with Gasteiger partial charge in [-0.1, -0.05) is 18.1 Å². The molecule has 1 saturated heterocycles. The number of carbonyl (C=O) groups is 1. The zero-order valence-corrected chi connectivity index (χ0v) is 15.8. The zero-order chi connectivity index (χ0) is 20.1. The van der Waals surface area contributed by atoms with E-state index in [1.165, 1.54) is 6.07 Å². The van der Waals surface area contributed by atoms with Crippen LogP contribution in [0.25, 0.3) is 11.1 Å². The van der Waals surface area contributed by atoms with Crippen LogP contribution in [0.1, 0.15) is 31.0 Å². The quantitative estimate of drug-likeness (QED) is 0.857. The normalized spacial score (nSPS) is 24.8. The molecule has 0 aliphatic carbocycles. The van der Waals surface area contributed by atoms with Crippen LogP contribution >= 0.6 is 0 Å². The van der Waals surface area contributed by atoms with Crippen molar-refractivity contribution < 1.29 is 23.9 Å². The summed E-state index contributed by atoms with van der Waals surface area (Å²) in [7, 11) is 0. The number of ether oxygens (including phenoxy) is 1. The molecule has 1 amide bonds. The van der Waals surface area contributed by atoms with E-state index in [-0.39, 0.29) is 24.9 Å². The molecule has 5 rings (SSSR count). The van der Waals surface area contributed by atoms with Crippen molar-refractivity contribution in [2.45, 2.75) is 44.4 Å². The molecule has 3 atom stereocenters. The van der Waals surface area contributed by atoms with Gasteiger partial charge in [-0.25, -0.2) is 9.18 Å². The molecule has 8 heteroatoms. The fraction of sp³-hybridized carbons (Fsp3) is 0.381. The number of anilines is 1. The monoisotopic (exact) mass is 397 g/mol. The van der Waals surface area contributed by atoms with Gasteiger partial charge in [0.15, 0.2) is 6.10 Å². The number of amides is 1. The lowest BCUT2D eigenvalue weighted by Gasteiger charge is -2.15. The third kappa shape index (κ3) is 2.86. The van der Waals surface area contributed by atoms with Gasteiger partial charge in [-0.3, -0.25) is 9.88 Å². The Morgan fingerprint density at radius 1 is 1.31 bits per heavy atom. The van der Waals surface area contributed by atoms with Crippen LogP contribution in [0.2, 0.25) is 0 Å². The Labute approximate surface area is 166 Å². The first-order chi connectivity index (χ1) is 14.1. The highest BCUT2D eigenvalue weighted by Gasteiger charge is 2.47. The molecular formula is C21H20FN3O4. The van der Waals surface area contributed by atoms with Crippen molar-refractivity contribution in [2.75, 3.05) is 11.5 Å². The number of aliphatic hydroxyl groups excluding tert-OH is 1. The molecule has 0 bridgehead atoms. The Kier molecular flexibility index (Phi) is 4.24. The summed E-state index contributed by atoms with van der Waals surface area (Å²) in [4.78, 5) is 23.3. The minimum Gasteiger partial charge on any atom is -0.444 e. The zero-order valence-electron chi connectivity index (χ0n) is 15.8. The second-order valence-corrected chi connectivity index (χ2v) is 7.52. The molecular weight excluding hydrogens is 377 g/mol. The lowest BCUT2D eigenvalue weighted by molar-refractivity contribution is 0.0390. The highest BCUT2D eigenvalue weighted by Crippen LogP contribution is 2.42. The summed E-state index contributed by atoms with van der Waals surface area (Å²) in [5.74, 6) is -0.409. The van der Waals surface area contributed by atoms with Crippen molar-refractivity contribution in [3.8, 4) is 11.1 Å². The number of aromatic nitrogens is 1. The van der Waals surface area contributed by atoms with Crippen LogP contribution in [0.4, 0.5) is 14.9 Å². The number of cyclic esters (lactones) is 1. The van der Waals surface area contributed by atoms with Crippen molar-refractivity contribution in [1.82, 2.24) is 4.98 Å². The van der Waals surface area contributed by atoms with Gasteiger partial charge < -0.3 is 14.7 Å². The molecule has 29 heavy (non-hydrogen) atoms. The molecule has 1 aromatic heterocycles. The molecule has 150 valence electrons. The van der Waals surface area contributed by atoms with Crippen molar-refractivity contribution in [3.05, 3.63) is 47.5 Å². The van der Waals surface area contributed by atoms with E-state index in [1.54, 1.807) is 29.3 Å². The summed E-state index contributed by atoms with van der Waals surface area (Å²) >= 11 is 0. The molecule has 4 heterocycles. The Morgan fingerprint density at radius 3 is 2.86 bits per heavy atom. The van der Waals surface area contributed by atoms with Crippen molar-refractivity contribution in [2.24, 2.45) is 5.16 Å². The topological polar surface area (TPSA) is 84.2 Å². The fourth-order valence-corrected chi connectivity index (χ4v) is 4.26. The van der Waals surface area contributed by atoms with E-state index in [4.69, 9.17) is 14.7 Å². The third-order valence-corrected chi connectivity index (χ3v) is 5.78. The Bertz CT molecular complexity index is 1010. The van der Waals surface area contributed by atoms with E-state index in [0.29, 0.717) is 41.1 Å². The maximum absolute atomic E-state index is 14.9. The Balaban J connectivity index is 1.44. The molecule has 0 unspecified atom stereocenters. The molecule has 3 aliphatic heterocycles. The van der Waals surface area contributed by atoms with E-state index in [2.05, 4.69) is 10.1 Å². The van der Waals surface area contributed by atoms with Crippen LogP contribution in [0.15, 0.2) is 35.6 Å². The second kappa shape index (κ2) is 6.81. The van der Waals surface area contributed by atoms with E-state index >= 15 is 0 Å². The SMILES string of the molecule is CC[C@@H]1OC(=O)N2c3cc(F)c(-c4ccc(C5=NO[C@H](CO)C5)nc4)cc3C[C@@H]12. The van der Waals surface area contributed by atoms with E-state index < -0.39 is 11.9 Å². The first kappa shape index (κ1) is 18.1. The van der Waals surface area contributed by atoms with Gasteiger partial charge >= 0.3 is 6.09 Å². The maximum atomic E-state index is 14.9. The van der Waals surface area contributed by atoms with Crippen molar-refractivity contribution in [3.63, 3.8) is 0 Å². The standard InChI is InChI=1S/C21H20FN3O4/c1-2-20-19-6-12-5-14(15(22)8-18(12)25(19)21(27)28-20)11-3-4-16(23-9-11)17-7-13(10-26)29-24-17/h3-5,8-9,13,19-20,26H,2,6-7,10H2,1H3/t13-,19-,20-/m0/s1. The summed E-state index contributed by atoms with van der Waals surface area (Å²) in [5, 5.41) is 13.1. The van der Waals surface area contributed by atoms with Gasteiger partial charge in [0.25, 0.3) is 0 Å². The first-order valence-corrected chi connectivity index (χ1v) is 9.71. The van der Waals surface area contributed by atoms with Gasteiger partial charge in [0.1, 0.15) is 17.6 Å². The average molecular weight is 397 g/mol. The highest BCUT2D eigenvalue weighted by atomic mass is 19.1. The fourth-order valence-electron chi connectivity index (χ4n) is 4.26. The molecule has 0 saturated carbocycles. The average Bonchev–Trinajstić information content (AvgIpc) is 3.43. The number of oxime groups is 1. The number of benzene rings is 1. The minimum atomic E-state index is -0.409. The smallest absolute Gasteiger partial charge is 0.415 e. The third-order valence-electron chi connectivity index (χ3n) is 5.78. The minimum absolute atomic E-state index is 0.0718. The number of hydrogen-bond donors (Lipinski definition) is 1.